The van der Waals surface area contributed by atoms with Crippen molar-refractivity contribution in [1.29, 1.82) is 0 Å². The minimum absolute atomic E-state index is 0.177. The number of nitro groups is 1. The highest BCUT2D eigenvalue weighted by Crippen LogP contribution is 2.25. The summed E-state index contributed by atoms with van der Waals surface area (Å²) in [6.07, 6.45) is 1.13. The molecule has 0 amide bonds. The van der Waals surface area contributed by atoms with Crippen molar-refractivity contribution in [2.75, 3.05) is 14.2 Å². The summed E-state index contributed by atoms with van der Waals surface area (Å²) in [5.41, 5.74) is 0.330. The molecule has 0 saturated heterocycles. The molecule has 0 fully saturated rings. The van der Waals surface area contributed by atoms with Gasteiger partial charge in [-0.2, -0.15) is 4.68 Å². The number of hydrogen-bond donors (Lipinski definition) is 0. The van der Waals surface area contributed by atoms with E-state index in [1.54, 1.807) is 18.2 Å². The third-order valence-electron chi connectivity index (χ3n) is 2.70. The summed E-state index contributed by atoms with van der Waals surface area (Å²) >= 11 is 0. The van der Waals surface area contributed by atoms with Crippen LogP contribution in [0.4, 0.5) is 5.95 Å². The molecule has 110 valence electrons. The first kappa shape index (κ1) is 14.4. The maximum atomic E-state index is 12.2. The molecule has 1 aromatic carbocycles. The Labute approximate surface area is 119 Å². The minimum Gasteiger partial charge on any atom is -0.497 e. The second-order valence-corrected chi connectivity index (χ2v) is 3.99. The molecule has 0 spiro atoms. The van der Waals surface area contributed by atoms with E-state index >= 15 is 0 Å². The monoisotopic (exact) mass is 292 g/mol. The number of nitrogens with zero attached hydrogens (tertiary/aromatic N) is 4. The van der Waals surface area contributed by atoms with Gasteiger partial charge in [0.1, 0.15) is 18.0 Å². The van der Waals surface area contributed by atoms with Crippen molar-refractivity contribution in [3.63, 3.8) is 0 Å². The van der Waals surface area contributed by atoms with Crippen molar-refractivity contribution in [1.82, 2.24) is 14.8 Å². The first-order chi connectivity index (χ1) is 10.0. The summed E-state index contributed by atoms with van der Waals surface area (Å²) in [4.78, 5) is 25.4. The Balaban J connectivity index is 2.21. The van der Waals surface area contributed by atoms with E-state index in [2.05, 4.69) is 10.1 Å². The number of aromatic nitrogens is 3. The van der Waals surface area contributed by atoms with Crippen LogP contribution in [0.25, 0.3) is 0 Å². The number of Topliss-reactive ketones (excluding diaryl/α,β-unsaturated/α-hetero) is 1. The lowest BCUT2D eigenvalue weighted by atomic mass is 10.1. The van der Waals surface area contributed by atoms with Crippen molar-refractivity contribution in [2.45, 2.75) is 6.54 Å². The molecule has 0 radical (unpaired) electrons. The van der Waals surface area contributed by atoms with Gasteiger partial charge in [-0.05, 0) is 17.1 Å². The quantitative estimate of drug-likeness (QED) is 0.445. The van der Waals surface area contributed by atoms with Crippen LogP contribution in [-0.4, -0.2) is 39.7 Å². The number of rotatable bonds is 6. The summed E-state index contributed by atoms with van der Waals surface area (Å²) in [7, 11) is 2.94. The molecule has 0 bridgehead atoms. The molecular weight excluding hydrogens is 280 g/mol. The van der Waals surface area contributed by atoms with Gasteiger partial charge in [0.25, 0.3) is 0 Å². The SMILES string of the molecule is COc1ccc(C(=O)Cn2cnc([N+](=O)[O-])n2)c(OC)c1. The topological polar surface area (TPSA) is 109 Å². The number of ketones is 1. The fourth-order valence-electron chi connectivity index (χ4n) is 1.71. The first-order valence-corrected chi connectivity index (χ1v) is 5.84. The number of benzene rings is 1. The third-order valence-corrected chi connectivity index (χ3v) is 2.70. The van der Waals surface area contributed by atoms with Gasteiger partial charge >= 0.3 is 5.95 Å². The Bertz CT molecular complexity index is 682. The largest absolute Gasteiger partial charge is 0.497 e. The van der Waals surface area contributed by atoms with E-state index in [-0.39, 0.29) is 12.3 Å². The molecule has 21 heavy (non-hydrogen) atoms. The van der Waals surface area contributed by atoms with Gasteiger partial charge < -0.3 is 19.6 Å². The summed E-state index contributed by atoms with van der Waals surface area (Å²) in [5, 5.41) is 14.1. The average Bonchev–Trinajstić information content (AvgIpc) is 2.95. The number of hydrogen-bond acceptors (Lipinski definition) is 7. The van der Waals surface area contributed by atoms with E-state index in [0.717, 1.165) is 11.0 Å². The fraction of sp³-hybridized carbons (Fsp3) is 0.250. The molecule has 0 unspecified atom stereocenters. The smallest absolute Gasteiger partial charge is 0.490 e. The van der Waals surface area contributed by atoms with Gasteiger partial charge in [0.15, 0.2) is 5.78 Å². The Morgan fingerprint density at radius 3 is 2.71 bits per heavy atom. The number of methoxy groups -OCH3 is 2. The highest BCUT2D eigenvalue weighted by molar-refractivity contribution is 5.98. The molecule has 0 atom stereocenters. The molecule has 9 nitrogen and oxygen atoms in total. The Morgan fingerprint density at radius 1 is 1.38 bits per heavy atom. The van der Waals surface area contributed by atoms with Crippen LogP contribution in [-0.2, 0) is 6.54 Å². The highest BCUT2D eigenvalue weighted by atomic mass is 16.6. The first-order valence-electron chi connectivity index (χ1n) is 5.84. The standard InChI is InChI=1S/C12H12N4O5/c1-20-8-3-4-9(11(5-8)21-2)10(17)6-15-7-13-12(14-15)16(18)19/h3-5,7H,6H2,1-2H3. The van der Waals surface area contributed by atoms with Crippen molar-refractivity contribution in [2.24, 2.45) is 0 Å². The number of ether oxygens (including phenoxy) is 2. The zero-order valence-electron chi connectivity index (χ0n) is 11.3. The van der Waals surface area contributed by atoms with Crippen molar-refractivity contribution < 1.29 is 19.2 Å². The van der Waals surface area contributed by atoms with Gasteiger partial charge in [-0.15, -0.1) is 0 Å². The van der Waals surface area contributed by atoms with Gasteiger partial charge in [-0.1, -0.05) is 4.98 Å². The highest BCUT2D eigenvalue weighted by Gasteiger charge is 2.18. The van der Waals surface area contributed by atoms with Crippen LogP contribution in [0.1, 0.15) is 10.4 Å². The van der Waals surface area contributed by atoms with Crippen LogP contribution >= 0.6 is 0 Å². The Hall–Kier alpha value is -2.97. The summed E-state index contributed by atoms with van der Waals surface area (Å²) in [6.45, 7) is -0.177. The molecule has 1 aromatic heterocycles. The van der Waals surface area contributed by atoms with Crippen LogP contribution in [0.5, 0.6) is 11.5 Å². The molecule has 0 aliphatic heterocycles. The molecule has 9 heteroatoms. The van der Waals surface area contributed by atoms with E-state index in [1.165, 1.54) is 14.2 Å². The van der Waals surface area contributed by atoms with Crippen molar-refractivity contribution in [3.05, 3.63) is 40.2 Å². The van der Waals surface area contributed by atoms with Gasteiger partial charge in [0, 0.05) is 11.2 Å². The second-order valence-electron chi connectivity index (χ2n) is 3.99. The molecule has 0 saturated carbocycles. The van der Waals surface area contributed by atoms with Gasteiger partial charge in [-0.3, -0.25) is 4.79 Å². The minimum atomic E-state index is -0.727. The normalized spacial score (nSPS) is 10.2. The molecule has 1 heterocycles. The summed E-state index contributed by atoms with van der Waals surface area (Å²) in [5.74, 6) is 0.0487. The van der Waals surface area contributed by atoms with Gasteiger partial charge in [-0.25, -0.2) is 0 Å². The third kappa shape index (κ3) is 3.14. The summed E-state index contributed by atoms with van der Waals surface area (Å²) in [6, 6.07) is 4.77. The van der Waals surface area contributed by atoms with E-state index < -0.39 is 10.9 Å². The average molecular weight is 292 g/mol. The maximum absolute atomic E-state index is 12.2. The zero-order valence-corrected chi connectivity index (χ0v) is 11.3. The molecule has 0 aliphatic carbocycles. The Morgan fingerprint density at radius 2 is 2.14 bits per heavy atom. The maximum Gasteiger partial charge on any atom is 0.490 e. The van der Waals surface area contributed by atoms with Crippen LogP contribution < -0.4 is 9.47 Å². The lowest BCUT2D eigenvalue weighted by Gasteiger charge is -2.08. The zero-order chi connectivity index (χ0) is 15.4. The lowest BCUT2D eigenvalue weighted by Crippen LogP contribution is -2.12. The molecule has 0 aliphatic rings. The van der Waals surface area contributed by atoms with Gasteiger partial charge in [0.05, 0.1) is 19.8 Å². The van der Waals surface area contributed by atoms with Crippen LogP contribution in [0.3, 0.4) is 0 Å². The number of carbonyl (C=O) groups excluding carboxylic acids is 1. The summed E-state index contributed by atoms with van der Waals surface area (Å²) < 4.78 is 11.3. The van der Waals surface area contributed by atoms with Crippen molar-refractivity contribution in [3.8, 4) is 11.5 Å². The van der Waals surface area contributed by atoms with Crippen molar-refractivity contribution >= 4 is 11.7 Å². The van der Waals surface area contributed by atoms with Crippen LogP contribution in [0.2, 0.25) is 0 Å². The lowest BCUT2D eigenvalue weighted by molar-refractivity contribution is -0.394. The predicted molar refractivity (Wildman–Crippen MR) is 70.6 cm³/mol. The predicted octanol–water partition coefficient (Wildman–Crippen LogP) is 1.09. The van der Waals surface area contributed by atoms with E-state index in [4.69, 9.17) is 9.47 Å². The fourth-order valence-corrected chi connectivity index (χ4v) is 1.71. The number of carbonyl (C=O) groups is 1. The molecular formula is C12H12N4O5. The van der Waals surface area contributed by atoms with Crippen LogP contribution in [0, 0.1) is 10.1 Å². The molecule has 0 N–H and O–H groups in total. The van der Waals surface area contributed by atoms with Gasteiger partial charge in [0.2, 0.25) is 6.33 Å². The van der Waals surface area contributed by atoms with E-state index in [9.17, 15) is 14.9 Å². The van der Waals surface area contributed by atoms with E-state index in [0.29, 0.717) is 17.1 Å². The second kappa shape index (κ2) is 5.99. The molecule has 2 rings (SSSR count). The Kier molecular flexibility index (Phi) is 4.12. The molecule has 2 aromatic rings. The van der Waals surface area contributed by atoms with E-state index in [1.807, 2.05) is 0 Å². The van der Waals surface area contributed by atoms with Crippen LogP contribution in [0.15, 0.2) is 24.5 Å².